The molecule has 1 N–H and O–H groups in total. The fourth-order valence-corrected chi connectivity index (χ4v) is 5.82. The van der Waals surface area contributed by atoms with Crippen LogP contribution in [0.4, 0.5) is 10.6 Å². The van der Waals surface area contributed by atoms with Crippen LogP contribution >= 0.6 is 0 Å². The van der Waals surface area contributed by atoms with Crippen LogP contribution in [0.2, 0.25) is 0 Å². The SMILES string of the molecule is COc1cc2c(cc1-c1ccc(N3CCN(C(=O)OC(C)(C)C)CC3)nc1)CC(C(C)(C)C)n1cc(C(=O)O)c(=O)cc1-2. The Morgan fingerprint density at radius 3 is 2.23 bits per heavy atom. The van der Waals surface area contributed by atoms with Gasteiger partial charge in [-0.3, -0.25) is 4.79 Å². The molecular formula is C33H40N4O6. The topological polar surface area (TPSA) is 114 Å². The molecule has 0 bridgehead atoms. The van der Waals surface area contributed by atoms with Crippen LogP contribution in [0.25, 0.3) is 22.4 Å². The number of hydrogen-bond donors (Lipinski definition) is 1. The normalized spacial score (nSPS) is 16.8. The number of carbonyl (C=O) groups is 2. The van der Waals surface area contributed by atoms with E-state index in [0.29, 0.717) is 44.0 Å². The van der Waals surface area contributed by atoms with Crippen LogP contribution in [0.3, 0.4) is 0 Å². The van der Waals surface area contributed by atoms with E-state index in [1.807, 2.05) is 49.7 Å². The summed E-state index contributed by atoms with van der Waals surface area (Å²) in [6, 6.07) is 9.40. The highest BCUT2D eigenvalue weighted by Gasteiger charge is 2.34. The van der Waals surface area contributed by atoms with Gasteiger partial charge in [-0.15, -0.1) is 0 Å². The number of carboxylic acid groups (broad SMARTS) is 1. The van der Waals surface area contributed by atoms with E-state index in [-0.39, 0.29) is 23.1 Å². The number of nitrogens with zero attached hydrogens (tertiary/aromatic N) is 4. The molecule has 1 amide bonds. The smallest absolute Gasteiger partial charge is 0.410 e. The molecule has 2 aliphatic rings. The molecule has 10 heteroatoms. The lowest BCUT2D eigenvalue weighted by atomic mass is 9.78. The predicted octanol–water partition coefficient (Wildman–Crippen LogP) is 5.48. The van der Waals surface area contributed by atoms with Crippen molar-refractivity contribution in [2.45, 2.75) is 59.6 Å². The zero-order chi connectivity index (χ0) is 31.3. The van der Waals surface area contributed by atoms with Crippen LogP contribution in [-0.2, 0) is 11.2 Å². The predicted molar refractivity (Wildman–Crippen MR) is 165 cm³/mol. The first-order valence-electron chi connectivity index (χ1n) is 14.6. The lowest BCUT2D eigenvalue weighted by Crippen LogP contribution is -2.50. The molecule has 1 aromatic carbocycles. The molecule has 1 fully saturated rings. The maximum absolute atomic E-state index is 12.7. The number of fused-ring (bicyclic) bond motifs is 3. The minimum Gasteiger partial charge on any atom is -0.496 e. The highest BCUT2D eigenvalue weighted by molar-refractivity contribution is 5.88. The summed E-state index contributed by atoms with van der Waals surface area (Å²) in [4.78, 5) is 45.6. The third kappa shape index (κ3) is 6.09. The molecule has 0 aliphatic carbocycles. The number of methoxy groups -OCH3 is 1. The second-order valence-corrected chi connectivity index (χ2v) is 13.3. The number of carboxylic acids is 1. The molecule has 228 valence electrons. The molecule has 4 heterocycles. The van der Waals surface area contributed by atoms with Crippen molar-refractivity contribution >= 4 is 17.9 Å². The van der Waals surface area contributed by atoms with Crippen molar-refractivity contribution in [3.63, 3.8) is 0 Å². The van der Waals surface area contributed by atoms with E-state index in [1.165, 1.54) is 12.3 Å². The summed E-state index contributed by atoms with van der Waals surface area (Å²) >= 11 is 0. The molecule has 3 aromatic rings. The number of amides is 1. The second kappa shape index (κ2) is 11.1. The van der Waals surface area contributed by atoms with Crippen molar-refractivity contribution in [2.75, 3.05) is 38.2 Å². The van der Waals surface area contributed by atoms with Gasteiger partial charge >= 0.3 is 12.1 Å². The summed E-state index contributed by atoms with van der Waals surface area (Å²) in [5.74, 6) is 0.238. The van der Waals surface area contributed by atoms with Crippen LogP contribution in [0.5, 0.6) is 5.75 Å². The molecule has 5 rings (SSSR count). The Kier molecular flexibility index (Phi) is 7.75. The monoisotopic (exact) mass is 588 g/mol. The number of anilines is 1. The van der Waals surface area contributed by atoms with Crippen LogP contribution < -0.4 is 15.1 Å². The van der Waals surface area contributed by atoms with Gasteiger partial charge in [0.1, 0.15) is 22.7 Å². The minimum absolute atomic E-state index is 0.0604. The number of hydrogen-bond acceptors (Lipinski definition) is 7. The van der Waals surface area contributed by atoms with E-state index in [0.717, 1.165) is 28.1 Å². The van der Waals surface area contributed by atoms with Crippen molar-refractivity contribution in [3.8, 4) is 28.1 Å². The highest BCUT2D eigenvalue weighted by Crippen LogP contribution is 2.46. The Morgan fingerprint density at radius 1 is 0.977 bits per heavy atom. The van der Waals surface area contributed by atoms with E-state index in [2.05, 4.69) is 31.7 Å². The number of rotatable bonds is 4. The number of pyridine rings is 2. The van der Waals surface area contributed by atoms with Gasteiger partial charge in [0.2, 0.25) is 0 Å². The fourth-order valence-electron chi connectivity index (χ4n) is 5.82. The van der Waals surface area contributed by atoms with Crippen molar-refractivity contribution in [1.29, 1.82) is 0 Å². The number of carbonyl (C=O) groups excluding carboxylic acids is 1. The fraction of sp³-hybridized carbons (Fsp3) is 0.455. The molecule has 2 aliphatic heterocycles. The Balaban J connectivity index is 1.44. The van der Waals surface area contributed by atoms with Gasteiger partial charge in [-0.1, -0.05) is 20.8 Å². The Bertz CT molecular complexity index is 1610. The van der Waals surface area contributed by atoms with Crippen molar-refractivity contribution in [2.24, 2.45) is 5.41 Å². The lowest BCUT2D eigenvalue weighted by Gasteiger charge is -2.39. The first-order chi connectivity index (χ1) is 20.2. The number of piperazine rings is 1. The Labute approximate surface area is 251 Å². The second-order valence-electron chi connectivity index (χ2n) is 13.3. The summed E-state index contributed by atoms with van der Waals surface area (Å²) < 4.78 is 13.3. The number of aromatic carboxylic acids is 1. The standard InChI is InChI=1S/C33H40N4O6/c1-32(2,3)28-15-21-14-23(27(42-7)16-22(21)25-17-26(38)24(30(39)40)19-37(25)28)20-8-9-29(34-18-20)35-10-12-36(13-11-35)31(41)43-33(4,5)6/h8-9,14,16-19,28H,10-13,15H2,1-7H3,(H,39,40). The molecule has 10 nitrogen and oxygen atoms in total. The molecule has 0 spiro atoms. The van der Waals surface area contributed by atoms with Crippen molar-refractivity contribution in [3.05, 3.63) is 64.1 Å². The van der Waals surface area contributed by atoms with Crippen LogP contribution in [-0.4, -0.2) is 70.5 Å². The van der Waals surface area contributed by atoms with Gasteiger partial charge in [0.05, 0.1) is 12.8 Å². The van der Waals surface area contributed by atoms with E-state index in [1.54, 1.807) is 12.0 Å². The van der Waals surface area contributed by atoms with Crippen LogP contribution in [0.1, 0.15) is 63.5 Å². The first-order valence-corrected chi connectivity index (χ1v) is 14.6. The quantitative estimate of drug-likeness (QED) is 0.426. The van der Waals surface area contributed by atoms with Gasteiger partial charge < -0.3 is 28.9 Å². The van der Waals surface area contributed by atoms with Crippen LogP contribution in [0.15, 0.2) is 47.5 Å². The lowest BCUT2D eigenvalue weighted by molar-refractivity contribution is 0.0240. The van der Waals surface area contributed by atoms with E-state index in [4.69, 9.17) is 14.5 Å². The van der Waals surface area contributed by atoms with Crippen molar-refractivity contribution < 1.29 is 24.2 Å². The summed E-state index contributed by atoms with van der Waals surface area (Å²) in [5, 5.41) is 9.61. The molecule has 43 heavy (non-hydrogen) atoms. The third-order valence-electron chi connectivity index (χ3n) is 8.07. The van der Waals surface area contributed by atoms with E-state index < -0.39 is 17.0 Å². The summed E-state index contributed by atoms with van der Waals surface area (Å²) in [6.45, 7) is 14.4. The maximum Gasteiger partial charge on any atom is 0.410 e. The van der Waals surface area contributed by atoms with E-state index in [9.17, 15) is 19.5 Å². The average molecular weight is 589 g/mol. The summed E-state index contributed by atoms with van der Waals surface area (Å²) in [5.41, 5.74) is 2.89. The zero-order valence-electron chi connectivity index (χ0n) is 25.9. The minimum atomic E-state index is -1.23. The summed E-state index contributed by atoms with van der Waals surface area (Å²) in [7, 11) is 1.61. The molecule has 1 saturated heterocycles. The molecule has 2 aromatic heterocycles. The molecule has 0 saturated carbocycles. The highest BCUT2D eigenvalue weighted by atomic mass is 16.6. The van der Waals surface area contributed by atoms with Crippen molar-refractivity contribution in [1.82, 2.24) is 14.5 Å². The Hall–Kier alpha value is -4.34. The van der Waals surface area contributed by atoms with Gasteiger partial charge in [0.25, 0.3) is 0 Å². The third-order valence-corrected chi connectivity index (χ3v) is 8.07. The zero-order valence-corrected chi connectivity index (χ0v) is 25.9. The van der Waals surface area contributed by atoms with Gasteiger partial charge in [0.15, 0.2) is 5.43 Å². The molecule has 1 atom stereocenters. The molecular weight excluding hydrogens is 548 g/mol. The van der Waals surface area contributed by atoms with Crippen LogP contribution in [0, 0.1) is 5.41 Å². The van der Waals surface area contributed by atoms with E-state index >= 15 is 0 Å². The van der Waals surface area contributed by atoms with Gasteiger partial charge in [-0.2, -0.15) is 0 Å². The van der Waals surface area contributed by atoms with Gasteiger partial charge in [-0.25, -0.2) is 14.6 Å². The number of ether oxygens (including phenoxy) is 2. The van der Waals surface area contributed by atoms with Gasteiger partial charge in [0, 0.05) is 67.4 Å². The number of aromatic nitrogens is 2. The average Bonchev–Trinajstić information content (AvgIpc) is 2.94. The number of benzene rings is 1. The maximum atomic E-state index is 12.7. The Morgan fingerprint density at radius 2 is 1.67 bits per heavy atom. The summed E-state index contributed by atoms with van der Waals surface area (Å²) in [6.07, 6.45) is 3.69. The molecule has 1 unspecified atom stereocenters. The largest absolute Gasteiger partial charge is 0.496 e. The molecule has 0 radical (unpaired) electrons. The first kappa shape index (κ1) is 30.1. The van der Waals surface area contributed by atoms with Gasteiger partial charge in [-0.05, 0) is 62.4 Å².